The quantitative estimate of drug-likeness (QED) is 0.764. The standard InChI is InChI=1S/C12H11BrFNO/c1-2-8-5-12(16)15(7-8)11-6-9(13)3-4-10(11)14/h2-4,6,8H,1,5,7H2. The molecule has 1 aliphatic heterocycles. The minimum atomic E-state index is -0.374. The summed E-state index contributed by atoms with van der Waals surface area (Å²) in [6.07, 6.45) is 2.16. The summed E-state index contributed by atoms with van der Waals surface area (Å²) >= 11 is 3.27. The topological polar surface area (TPSA) is 20.3 Å². The molecule has 0 radical (unpaired) electrons. The molecule has 4 heteroatoms. The summed E-state index contributed by atoms with van der Waals surface area (Å²) in [6.45, 7) is 4.17. The number of amides is 1. The molecular weight excluding hydrogens is 273 g/mol. The molecule has 1 aromatic rings. The second-order valence-electron chi connectivity index (χ2n) is 3.80. The first-order chi connectivity index (χ1) is 7.61. The van der Waals surface area contributed by atoms with Gasteiger partial charge in [0.05, 0.1) is 5.69 Å². The van der Waals surface area contributed by atoms with Gasteiger partial charge in [0.1, 0.15) is 5.82 Å². The molecule has 1 saturated heterocycles. The third-order valence-electron chi connectivity index (χ3n) is 2.69. The van der Waals surface area contributed by atoms with Crippen LogP contribution in [0.3, 0.4) is 0 Å². The van der Waals surface area contributed by atoms with E-state index < -0.39 is 0 Å². The minimum absolute atomic E-state index is 0.0538. The van der Waals surface area contributed by atoms with Gasteiger partial charge in [0.15, 0.2) is 0 Å². The van der Waals surface area contributed by atoms with Gasteiger partial charge < -0.3 is 4.90 Å². The third-order valence-corrected chi connectivity index (χ3v) is 3.18. The lowest BCUT2D eigenvalue weighted by Gasteiger charge is -2.17. The van der Waals surface area contributed by atoms with Crippen LogP contribution in [0.15, 0.2) is 35.3 Å². The van der Waals surface area contributed by atoms with E-state index in [4.69, 9.17) is 0 Å². The molecule has 1 atom stereocenters. The number of anilines is 1. The molecule has 1 unspecified atom stereocenters. The Labute approximate surface area is 102 Å². The minimum Gasteiger partial charge on any atom is -0.309 e. The lowest BCUT2D eigenvalue weighted by Crippen LogP contribution is -2.25. The van der Waals surface area contributed by atoms with E-state index in [1.807, 2.05) is 0 Å². The van der Waals surface area contributed by atoms with Crippen molar-refractivity contribution in [3.05, 3.63) is 41.1 Å². The third kappa shape index (κ3) is 2.02. The molecule has 0 aliphatic carbocycles. The summed E-state index contributed by atoms with van der Waals surface area (Å²) in [5.41, 5.74) is 0.337. The van der Waals surface area contributed by atoms with Crippen molar-refractivity contribution >= 4 is 27.5 Å². The molecule has 2 rings (SSSR count). The van der Waals surface area contributed by atoms with Crippen LogP contribution < -0.4 is 4.90 Å². The van der Waals surface area contributed by atoms with Crippen LogP contribution in [0.4, 0.5) is 10.1 Å². The molecule has 2 nitrogen and oxygen atoms in total. The average molecular weight is 284 g/mol. The lowest BCUT2D eigenvalue weighted by atomic mass is 10.1. The van der Waals surface area contributed by atoms with Gasteiger partial charge in [0.2, 0.25) is 5.91 Å². The summed E-state index contributed by atoms with van der Waals surface area (Å²) < 4.78 is 14.3. The highest BCUT2D eigenvalue weighted by Gasteiger charge is 2.30. The van der Waals surface area contributed by atoms with Crippen LogP contribution in [0.5, 0.6) is 0 Å². The Morgan fingerprint density at radius 2 is 2.31 bits per heavy atom. The molecular formula is C12H11BrFNO. The fourth-order valence-corrected chi connectivity index (χ4v) is 2.17. The Morgan fingerprint density at radius 3 is 2.94 bits per heavy atom. The second-order valence-corrected chi connectivity index (χ2v) is 4.72. The van der Waals surface area contributed by atoms with Gasteiger partial charge in [0.25, 0.3) is 0 Å². The fraction of sp³-hybridized carbons (Fsp3) is 0.250. The first-order valence-corrected chi connectivity index (χ1v) is 5.79. The number of rotatable bonds is 2. The van der Waals surface area contributed by atoms with Crippen molar-refractivity contribution in [3.8, 4) is 0 Å². The van der Waals surface area contributed by atoms with Crippen molar-refractivity contribution in [3.63, 3.8) is 0 Å². The molecule has 1 heterocycles. The zero-order chi connectivity index (χ0) is 11.7. The van der Waals surface area contributed by atoms with Crippen LogP contribution in [0.2, 0.25) is 0 Å². The van der Waals surface area contributed by atoms with Gasteiger partial charge in [0, 0.05) is 23.4 Å². The number of halogens is 2. The zero-order valence-corrected chi connectivity index (χ0v) is 10.2. The maximum Gasteiger partial charge on any atom is 0.227 e. The Kier molecular flexibility index (Phi) is 3.10. The number of hydrogen-bond donors (Lipinski definition) is 0. The summed E-state index contributed by atoms with van der Waals surface area (Å²) in [6, 6.07) is 4.59. The highest BCUT2D eigenvalue weighted by Crippen LogP contribution is 2.29. The van der Waals surface area contributed by atoms with E-state index in [2.05, 4.69) is 22.5 Å². The van der Waals surface area contributed by atoms with Crippen LogP contribution in [0.25, 0.3) is 0 Å². The van der Waals surface area contributed by atoms with E-state index in [0.717, 1.165) is 4.47 Å². The molecule has 1 aromatic carbocycles. The van der Waals surface area contributed by atoms with Gasteiger partial charge >= 0.3 is 0 Å². The molecule has 1 aliphatic rings. The van der Waals surface area contributed by atoms with Crippen molar-refractivity contribution in [1.29, 1.82) is 0 Å². The van der Waals surface area contributed by atoms with E-state index in [0.29, 0.717) is 18.7 Å². The lowest BCUT2D eigenvalue weighted by molar-refractivity contribution is -0.117. The summed E-state index contributed by atoms with van der Waals surface area (Å²) in [5.74, 6) is -0.311. The van der Waals surface area contributed by atoms with E-state index >= 15 is 0 Å². The fourth-order valence-electron chi connectivity index (χ4n) is 1.82. The van der Waals surface area contributed by atoms with Crippen molar-refractivity contribution in [2.24, 2.45) is 5.92 Å². The number of benzene rings is 1. The maximum absolute atomic E-state index is 13.6. The molecule has 84 valence electrons. The van der Waals surface area contributed by atoms with Crippen LogP contribution in [-0.4, -0.2) is 12.5 Å². The molecule has 0 aromatic heterocycles. The SMILES string of the molecule is C=CC1CC(=O)N(c2cc(Br)ccc2F)C1. The van der Waals surface area contributed by atoms with Gasteiger partial charge in [-0.25, -0.2) is 4.39 Å². The highest BCUT2D eigenvalue weighted by atomic mass is 79.9. The highest BCUT2D eigenvalue weighted by molar-refractivity contribution is 9.10. The second kappa shape index (κ2) is 4.37. The van der Waals surface area contributed by atoms with Gasteiger partial charge in [-0.3, -0.25) is 4.79 Å². The van der Waals surface area contributed by atoms with Crippen molar-refractivity contribution in [2.75, 3.05) is 11.4 Å². The number of carbonyl (C=O) groups excluding carboxylic acids is 1. The first kappa shape index (κ1) is 11.3. The average Bonchev–Trinajstić information content (AvgIpc) is 2.63. The summed E-state index contributed by atoms with van der Waals surface area (Å²) in [5, 5.41) is 0. The van der Waals surface area contributed by atoms with Crippen molar-refractivity contribution in [1.82, 2.24) is 0 Å². The molecule has 0 saturated carbocycles. The Bertz CT molecular complexity index is 447. The van der Waals surface area contributed by atoms with E-state index in [-0.39, 0.29) is 17.6 Å². The van der Waals surface area contributed by atoms with Crippen molar-refractivity contribution in [2.45, 2.75) is 6.42 Å². The first-order valence-electron chi connectivity index (χ1n) is 5.00. The van der Waals surface area contributed by atoms with E-state index in [1.165, 1.54) is 11.0 Å². The predicted octanol–water partition coefficient (Wildman–Crippen LogP) is 3.13. The van der Waals surface area contributed by atoms with Crippen LogP contribution >= 0.6 is 15.9 Å². The summed E-state index contributed by atoms with van der Waals surface area (Å²) in [4.78, 5) is 13.2. The number of nitrogens with zero attached hydrogens (tertiary/aromatic N) is 1. The van der Waals surface area contributed by atoms with Crippen LogP contribution in [0, 0.1) is 11.7 Å². The largest absolute Gasteiger partial charge is 0.309 e. The van der Waals surface area contributed by atoms with Gasteiger partial charge in [-0.05, 0) is 18.2 Å². The molecule has 0 bridgehead atoms. The van der Waals surface area contributed by atoms with Crippen LogP contribution in [-0.2, 0) is 4.79 Å². The van der Waals surface area contributed by atoms with Crippen molar-refractivity contribution < 1.29 is 9.18 Å². The Balaban J connectivity index is 2.34. The number of hydrogen-bond acceptors (Lipinski definition) is 1. The molecule has 16 heavy (non-hydrogen) atoms. The molecule has 1 fully saturated rings. The Hall–Kier alpha value is -1.16. The predicted molar refractivity (Wildman–Crippen MR) is 64.8 cm³/mol. The van der Waals surface area contributed by atoms with Crippen LogP contribution in [0.1, 0.15) is 6.42 Å². The van der Waals surface area contributed by atoms with E-state index in [9.17, 15) is 9.18 Å². The molecule has 1 amide bonds. The zero-order valence-electron chi connectivity index (χ0n) is 8.62. The Morgan fingerprint density at radius 1 is 1.56 bits per heavy atom. The smallest absolute Gasteiger partial charge is 0.227 e. The van der Waals surface area contributed by atoms with Gasteiger partial charge in [-0.15, -0.1) is 6.58 Å². The molecule has 0 N–H and O–H groups in total. The maximum atomic E-state index is 13.6. The molecule has 0 spiro atoms. The van der Waals surface area contributed by atoms with Gasteiger partial charge in [-0.1, -0.05) is 22.0 Å². The normalized spacial score (nSPS) is 20.2. The summed E-state index contributed by atoms with van der Waals surface area (Å²) in [7, 11) is 0. The number of carbonyl (C=O) groups is 1. The van der Waals surface area contributed by atoms with E-state index in [1.54, 1.807) is 18.2 Å². The monoisotopic (exact) mass is 283 g/mol. The van der Waals surface area contributed by atoms with Gasteiger partial charge in [-0.2, -0.15) is 0 Å².